The second kappa shape index (κ2) is 11.1. The van der Waals surface area contributed by atoms with Crippen LogP contribution in [0.5, 0.6) is 5.75 Å². The fourth-order valence-corrected chi connectivity index (χ4v) is 6.23. The van der Waals surface area contributed by atoms with Crippen LogP contribution in [0.3, 0.4) is 0 Å². The Hall–Kier alpha value is -1.60. The highest BCUT2D eigenvalue weighted by Crippen LogP contribution is 2.32. The lowest BCUT2D eigenvalue weighted by atomic mass is 9.86. The van der Waals surface area contributed by atoms with Crippen LogP contribution in [0.15, 0.2) is 23.1 Å². The maximum absolute atomic E-state index is 13.2. The van der Waals surface area contributed by atoms with Crippen molar-refractivity contribution in [2.45, 2.75) is 82.4 Å². The zero-order chi connectivity index (χ0) is 21.4. The summed E-state index contributed by atoms with van der Waals surface area (Å²) < 4.78 is 33.5. The van der Waals surface area contributed by atoms with Crippen molar-refractivity contribution in [2.75, 3.05) is 25.0 Å². The molecular weight excluding hydrogens is 400 g/mol. The molecule has 2 aliphatic rings. The molecule has 1 aromatic carbocycles. The fourth-order valence-electron chi connectivity index (χ4n) is 4.56. The Kier molecular flexibility index (Phi) is 8.57. The molecule has 0 radical (unpaired) electrons. The topological polar surface area (TPSA) is 75.7 Å². The Bertz CT molecular complexity index is 797. The largest absolute Gasteiger partial charge is 0.492 e. The predicted octanol–water partition coefficient (Wildman–Crippen LogP) is 4.95. The number of hydrogen-bond donors (Lipinski definition) is 1. The highest BCUT2D eigenvalue weighted by Gasteiger charge is 2.29. The average Bonchev–Trinajstić information content (AvgIpc) is 2.76. The van der Waals surface area contributed by atoms with Crippen LogP contribution in [-0.2, 0) is 14.8 Å². The Morgan fingerprint density at radius 1 is 1.10 bits per heavy atom. The molecule has 1 heterocycles. The molecule has 6 nitrogen and oxygen atoms in total. The molecule has 1 aliphatic heterocycles. The highest BCUT2D eigenvalue weighted by molar-refractivity contribution is 7.89. The number of anilines is 1. The fraction of sp³-hybridized carbons (Fsp3) is 0.696. The molecule has 2 fully saturated rings. The van der Waals surface area contributed by atoms with E-state index in [9.17, 15) is 13.2 Å². The van der Waals surface area contributed by atoms with Gasteiger partial charge in [-0.05, 0) is 56.7 Å². The number of ether oxygens (including phenoxy) is 1. The minimum Gasteiger partial charge on any atom is -0.492 e. The molecule has 1 aliphatic carbocycles. The number of sulfonamides is 1. The monoisotopic (exact) mass is 436 g/mol. The Balaban J connectivity index is 1.64. The summed E-state index contributed by atoms with van der Waals surface area (Å²) in [6, 6.07) is 4.92. The molecule has 1 saturated carbocycles. The molecule has 0 aromatic heterocycles. The number of carbonyl (C=O) groups is 1. The number of rotatable bonds is 9. The van der Waals surface area contributed by atoms with Gasteiger partial charge in [0.2, 0.25) is 15.9 Å². The molecule has 3 rings (SSSR count). The Morgan fingerprint density at radius 3 is 2.50 bits per heavy atom. The van der Waals surface area contributed by atoms with Gasteiger partial charge in [-0.2, -0.15) is 4.31 Å². The predicted molar refractivity (Wildman–Crippen MR) is 119 cm³/mol. The zero-order valence-electron chi connectivity index (χ0n) is 18.2. The van der Waals surface area contributed by atoms with Gasteiger partial charge in [0.25, 0.3) is 0 Å². The van der Waals surface area contributed by atoms with Gasteiger partial charge in [0, 0.05) is 25.2 Å². The number of piperidine rings is 1. The molecule has 0 atom stereocenters. The van der Waals surface area contributed by atoms with Crippen LogP contribution in [0.25, 0.3) is 0 Å². The van der Waals surface area contributed by atoms with Gasteiger partial charge >= 0.3 is 0 Å². The van der Waals surface area contributed by atoms with Crippen LogP contribution < -0.4 is 10.1 Å². The lowest BCUT2D eigenvalue weighted by Gasteiger charge is -2.27. The Labute approximate surface area is 181 Å². The van der Waals surface area contributed by atoms with Gasteiger partial charge in [-0.3, -0.25) is 4.79 Å². The van der Waals surface area contributed by atoms with Crippen molar-refractivity contribution in [3.05, 3.63) is 18.2 Å². The lowest BCUT2D eigenvalue weighted by Crippen LogP contribution is -2.35. The number of nitrogens with zero attached hydrogens (tertiary/aromatic N) is 1. The van der Waals surface area contributed by atoms with Crippen LogP contribution in [0, 0.1) is 5.92 Å². The molecule has 1 saturated heterocycles. The Morgan fingerprint density at radius 2 is 1.80 bits per heavy atom. The van der Waals surface area contributed by atoms with Crippen LogP contribution in [0.2, 0.25) is 0 Å². The number of carbonyl (C=O) groups excluding carboxylic acids is 1. The summed E-state index contributed by atoms with van der Waals surface area (Å²) in [6.45, 7) is 3.28. The summed E-state index contributed by atoms with van der Waals surface area (Å²) in [4.78, 5) is 12.6. The van der Waals surface area contributed by atoms with Gasteiger partial charge in [0.05, 0.1) is 6.61 Å². The molecule has 1 aromatic rings. The van der Waals surface area contributed by atoms with Crippen LogP contribution in [-0.4, -0.2) is 38.3 Å². The first-order valence-corrected chi connectivity index (χ1v) is 13.0. The smallest absolute Gasteiger partial charge is 0.246 e. The highest BCUT2D eigenvalue weighted by atomic mass is 32.2. The quantitative estimate of drug-likeness (QED) is 0.594. The van der Waals surface area contributed by atoms with Crippen molar-refractivity contribution in [3.8, 4) is 5.75 Å². The second-order valence-corrected chi connectivity index (χ2v) is 10.4. The van der Waals surface area contributed by atoms with E-state index >= 15 is 0 Å². The van der Waals surface area contributed by atoms with Gasteiger partial charge in [0.15, 0.2) is 0 Å². The van der Waals surface area contributed by atoms with E-state index in [0.29, 0.717) is 37.6 Å². The SMILES string of the molecule is CCOc1ccc(NC(=O)CCCC2CCCCC2)cc1S(=O)(=O)N1CCCCC1. The van der Waals surface area contributed by atoms with Crippen molar-refractivity contribution >= 4 is 21.6 Å². The van der Waals surface area contributed by atoms with Gasteiger partial charge in [0.1, 0.15) is 10.6 Å². The summed E-state index contributed by atoms with van der Waals surface area (Å²) in [5, 5.41) is 2.89. The molecule has 168 valence electrons. The summed E-state index contributed by atoms with van der Waals surface area (Å²) >= 11 is 0. The molecule has 0 bridgehead atoms. The third-order valence-electron chi connectivity index (χ3n) is 6.20. The van der Waals surface area contributed by atoms with Crippen molar-refractivity contribution < 1.29 is 17.9 Å². The molecule has 7 heteroatoms. The van der Waals surface area contributed by atoms with Gasteiger partial charge < -0.3 is 10.1 Å². The lowest BCUT2D eigenvalue weighted by molar-refractivity contribution is -0.116. The van der Waals surface area contributed by atoms with Gasteiger partial charge in [-0.1, -0.05) is 38.5 Å². The van der Waals surface area contributed by atoms with Crippen LogP contribution in [0.4, 0.5) is 5.69 Å². The van der Waals surface area contributed by atoms with E-state index in [0.717, 1.165) is 38.0 Å². The minimum absolute atomic E-state index is 0.0590. The first-order valence-electron chi connectivity index (χ1n) is 11.6. The first kappa shape index (κ1) is 23.1. The maximum atomic E-state index is 13.2. The normalized spacial score (nSPS) is 18.8. The molecule has 0 spiro atoms. The second-order valence-electron chi connectivity index (χ2n) is 8.50. The number of amides is 1. The maximum Gasteiger partial charge on any atom is 0.246 e. The van der Waals surface area contributed by atoms with E-state index < -0.39 is 10.0 Å². The number of nitrogens with one attached hydrogen (secondary N) is 1. The molecule has 30 heavy (non-hydrogen) atoms. The third-order valence-corrected chi connectivity index (χ3v) is 8.12. The van der Waals surface area contributed by atoms with Crippen molar-refractivity contribution in [3.63, 3.8) is 0 Å². The van der Waals surface area contributed by atoms with E-state index in [2.05, 4.69) is 5.32 Å². The molecule has 1 N–H and O–H groups in total. The van der Waals surface area contributed by atoms with Crippen LogP contribution in [0.1, 0.15) is 77.6 Å². The summed E-state index contributed by atoms with van der Waals surface area (Å²) in [5.41, 5.74) is 0.511. The van der Waals surface area contributed by atoms with E-state index in [4.69, 9.17) is 4.74 Å². The van der Waals surface area contributed by atoms with Gasteiger partial charge in [-0.25, -0.2) is 8.42 Å². The van der Waals surface area contributed by atoms with E-state index in [1.54, 1.807) is 18.2 Å². The standard InChI is InChI=1S/C23H36N2O4S/c1-2-29-21-15-14-20(18-22(21)30(27,28)25-16-7-4-8-17-25)24-23(26)13-9-12-19-10-5-3-6-11-19/h14-15,18-19H,2-13,16-17H2,1H3,(H,24,26). The zero-order valence-corrected chi connectivity index (χ0v) is 19.0. The first-order chi connectivity index (χ1) is 14.5. The van der Waals surface area contributed by atoms with Crippen molar-refractivity contribution in [1.82, 2.24) is 4.31 Å². The van der Waals surface area contributed by atoms with Gasteiger partial charge in [-0.15, -0.1) is 0 Å². The van der Waals surface area contributed by atoms with Crippen molar-refractivity contribution in [1.29, 1.82) is 0 Å². The van der Waals surface area contributed by atoms with Crippen LogP contribution >= 0.6 is 0 Å². The van der Waals surface area contributed by atoms with Crippen molar-refractivity contribution in [2.24, 2.45) is 5.92 Å². The molecule has 0 unspecified atom stereocenters. The average molecular weight is 437 g/mol. The number of benzene rings is 1. The summed E-state index contributed by atoms with van der Waals surface area (Å²) in [7, 11) is -3.65. The van der Waals surface area contributed by atoms with E-state index in [1.807, 2.05) is 6.92 Å². The number of hydrogen-bond acceptors (Lipinski definition) is 4. The summed E-state index contributed by atoms with van der Waals surface area (Å²) in [5.74, 6) is 1.05. The minimum atomic E-state index is -3.65. The molecule has 1 amide bonds. The van der Waals surface area contributed by atoms with E-state index in [-0.39, 0.29) is 10.8 Å². The summed E-state index contributed by atoms with van der Waals surface area (Å²) in [6.07, 6.45) is 11.8. The molecular formula is C23H36N2O4S. The third kappa shape index (κ3) is 6.20. The van der Waals surface area contributed by atoms with E-state index in [1.165, 1.54) is 36.4 Å².